The fourth-order valence-corrected chi connectivity index (χ4v) is 2.38. The minimum atomic E-state index is -0.588. The van der Waals surface area contributed by atoms with E-state index in [2.05, 4.69) is 6.07 Å². The topological polar surface area (TPSA) is 29.5 Å². The van der Waals surface area contributed by atoms with Crippen LogP contribution in [0, 0.1) is 13.8 Å². The summed E-state index contributed by atoms with van der Waals surface area (Å²) in [5, 5.41) is 10.5. The molecule has 0 aliphatic carbocycles. The third-order valence-electron chi connectivity index (χ3n) is 3.14. The van der Waals surface area contributed by atoms with Crippen LogP contribution in [0.15, 0.2) is 42.5 Å². The molecule has 0 amide bonds. The predicted octanol–water partition coefficient (Wildman–Crippen LogP) is 3.53. The molecule has 0 aromatic heterocycles. The molecule has 2 aromatic rings. The highest BCUT2D eigenvalue weighted by molar-refractivity contribution is 5.36. The van der Waals surface area contributed by atoms with E-state index >= 15 is 0 Å². The molecule has 0 saturated heterocycles. The predicted molar refractivity (Wildman–Crippen MR) is 77.1 cm³/mol. The second kappa shape index (κ2) is 6.00. The van der Waals surface area contributed by atoms with Crippen LogP contribution in [-0.2, 0) is 11.3 Å². The molecule has 0 aliphatic heterocycles. The lowest BCUT2D eigenvalue weighted by Gasteiger charge is -2.14. The van der Waals surface area contributed by atoms with Crippen LogP contribution >= 0.6 is 0 Å². The molecule has 100 valence electrons. The standard InChI is InChI=1S/C17H20O2/c1-12-7-13(2)9-16(8-12)17(18)15-6-4-5-14(10-15)11-19-3/h4-10,17-18H,11H2,1-3H3. The van der Waals surface area contributed by atoms with Crippen LogP contribution in [0.5, 0.6) is 0 Å². The Bertz CT molecular complexity index is 541. The maximum Gasteiger partial charge on any atom is 0.104 e. The van der Waals surface area contributed by atoms with Gasteiger partial charge in [-0.1, -0.05) is 53.6 Å². The van der Waals surface area contributed by atoms with Crippen molar-refractivity contribution in [3.63, 3.8) is 0 Å². The number of hydrogen-bond acceptors (Lipinski definition) is 2. The van der Waals surface area contributed by atoms with Gasteiger partial charge in [0.2, 0.25) is 0 Å². The van der Waals surface area contributed by atoms with Gasteiger partial charge in [0.15, 0.2) is 0 Å². The van der Waals surface area contributed by atoms with Crippen molar-refractivity contribution in [3.05, 3.63) is 70.3 Å². The summed E-state index contributed by atoms with van der Waals surface area (Å²) in [7, 11) is 1.67. The van der Waals surface area contributed by atoms with E-state index in [0.717, 1.165) is 16.7 Å². The van der Waals surface area contributed by atoms with Gasteiger partial charge < -0.3 is 9.84 Å². The first-order valence-electron chi connectivity index (χ1n) is 6.44. The molecular weight excluding hydrogens is 236 g/mol. The SMILES string of the molecule is COCc1cccc(C(O)c2cc(C)cc(C)c2)c1. The minimum Gasteiger partial charge on any atom is -0.384 e. The lowest BCUT2D eigenvalue weighted by atomic mass is 9.97. The molecule has 2 nitrogen and oxygen atoms in total. The van der Waals surface area contributed by atoms with E-state index in [1.165, 1.54) is 11.1 Å². The number of aryl methyl sites for hydroxylation is 2. The summed E-state index contributed by atoms with van der Waals surface area (Å²) in [6.07, 6.45) is -0.588. The molecule has 2 rings (SSSR count). The van der Waals surface area contributed by atoms with Gasteiger partial charge in [0.05, 0.1) is 6.61 Å². The average molecular weight is 256 g/mol. The summed E-state index contributed by atoms with van der Waals surface area (Å²) in [4.78, 5) is 0. The third-order valence-corrected chi connectivity index (χ3v) is 3.14. The fourth-order valence-electron chi connectivity index (χ4n) is 2.38. The van der Waals surface area contributed by atoms with Crippen LogP contribution in [0.4, 0.5) is 0 Å². The summed E-state index contributed by atoms with van der Waals surface area (Å²) in [5.74, 6) is 0. The normalized spacial score (nSPS) is 12.4. The first-order valence-corrected chi connectivity index (χ1v) is 6.44. The number of benzene rings is 2. The Kier molecular flexibility index (Phi) is 4.35. The molecule has 1 unspecified atom stereocenters. The number of aliphatic hydroxyl groups excluding tert-OH is 1. The Morgan fingerprint density at radius 3 is 2.32 bits per heavy atom. The van der Waals surface area contributed by atoms with Gasteiger partial charge in [-0.25, -0.2) is 0 Å². The van der Waals surface area contributed by atoms with Crippen molar-refractivity contribution in [2.45, 2.75) is 26.6 Å². The summed E-state index contributed by atoms with van der Waals surface area (Å²) in [6, 6.07) is 14.1. The first-order chi connectivity index (χ1) is 9.10. The van der Waals surface area contributed by atoms with Crippen LogP contribution in [0.1, 0.15) is 33.9 Å². The maximum absolute atomic E-state index is 10.5. The van der Waals surface area contributed by atoms with Gasteiger partial charge in [-0.3, -0.25) is 0 Å². The molecule has 19 heavy (non-hydrogen) atoms. The molecule has 0 fully saturated rings. The largest absolute Gasteiger partial charge is 0.384 e. The van der Waals surface area contributed by atoms with Crippen molar-refractivity contribution in [1.82, 2.24) is 0 Å². The first kappa shape index (κ1) is 13.8. The molecule has 0 spiro atoms. The highest BCUT2D eigenvalue weighted by Gasteiger charge is 2.11. The van der Waals surface area contributed by atoms with Crippen molar-refractivity contribution in [2.24, 2.45) is 0 Å². The van der Waals surface area contributed by atoms with Crippen molar-refractivity contribution in [1.29, 1.82) is 0 Å². The monoisotopic (exact) mass is 256 g/mol. The van der Waals surface area contributed by atoms with Crippen molar-refractivity contribution < 1.29 is 9.84 Å². The van der Waals surface area contributed by atoms with E-state index in [4.69, 9.17) is 4.74 Å². The van der Waals surface area contributed by atoms with Crippen LogP contribution in [0.2, 0.25) is 0 Å². The van der Waals surface area contributed by atoms with Gasteiger partial charge >= 0.3 is 0 Å². The van der Waals surface area contributed by atoms with E-state index in [1.807, 2.05) is 50.2 Å². The number of methoxy groups -OCH3 is 1. The van der Waals surface area contributed by atoms with Crippen LogP contribution in [-0.4, -0.2) is 12.2 Å². The lowest BCUT2D eigenvalue weighted by Crippen LogP contribution is -2.01. The van der Waals surface area contributed by atoms with E-state index in [9.17, 15) is 5.11 Å². The molecule has 0 heterocycles. The Morgan fingerprint density at radius 2 is 1.68 bits per heavy atom. The number of hydrogen-bond donors (Lipinski definition) is 1. The smallest absolute Gasteiger partial charge is 0.104 e. The van der Waals surface area contributed by atoms with Gasteiger partial charge in [-0.2, -0.15) is 0 Å². The van der Waals surface area contributed by atoms with E-state index in [-0.39, 0.29) is 0 Å². The van der Waals surface area contributed by atoms with Crippen LogP contribution in [0.25, 0.3) is 0 Å². The Morgan fingerprint density at radius 1 is 1.00 bits per heavy atom. The number of ether oxygens (including phenoxy) is 1. The zero-order valence-electron chi connectivity index (χ0n) is 11.7. The van der Waals surface area contributed by atoms with Crippen molar-refractivity contribution in [2.75, 3.05) is 7.11 Å². The molecule has 2 heteroatoms. The summed E-state index contributed by atoms with van der Waals surface area (Å²) < 4.78 is 5.12. The van der Waals surface area contributed by atoms with Crippen LogP contribution in [0.3, 0.4) is 0 Å². The van der Waals surface area contributed by atoms with Gasteiger partial charge in [0.1, 0.15) is 6.10 Å². The minimum absolute atomic E-state index is 0.563. The highest BCUT2D eigenvalue weighted by Crippen LogP contribution is 2.24. The lowest BCUT2D eigenvalue weighted by molar-refractivity contribution is 0.184. The van der Waals surface area contributed by atoms with E-state index < -0.39 is 6.10 Å². The summed E-state index contributed by atoms with van der Waals surface area (Å²) >= 11 is 0. The maximum atomic E-state index is 10.5. The van der Waals surface area contributed by atoms with Crippen LogP contribution < -0.4 is 0 Å². The molecule has 0 radical (unpaired) electrons. The Balaban J connectivity index is 2.32. The number of aliphatic hydroxyl groups is 1. The third kappa shape index (κ3) is 3.43. The van der Waals surface area contributed by atoms with Crippen molar-refractivity contribution >= 4 is 0 Å². The van der Waals surface area contributed by atoms with E-state index in [1.54, 1.807) is 7.11 Å². The summed E-state index contributed by atoms with van der Waals surface area (Å²) in [6.45, 7) is 4.66. The second-order valence-electron chi connectivity index (χ2n) is 5.00. The fraction of sp³-hybridized carbons (Fsp3) is 0.294. The molecule has 2 aromatic carbocycles. The van der Waals surface area contributed by atoms with Crippen molar-refractivity contribution in [3.8, 4) is 0 Å². The zero-order valence-corrected chi connectivity index (χ0v) is 11.7. The molecule has 1 N–H and O–H groups in total. The molecule has 1 atom stereocenters. The molecule has 0 aliphatic rings. The Labute approximate surface area is 114 Å². The van der Waals surface area contributed by atoms with Gasteiger partial charge in [-0.15, -0.1) is 0 Å². The van der Waals surface area contributed by atoms with Gasteiger partial charge in [0, 0.05) is 7.11 Å². The summed E-state index contributed by atoms with van der Waals surface area (Å²) in [5.41, 5.74) is 5.25. The van der Waals surface area contributed by atoms with Gasteiger partial charge in [-0.05, 0) is 30.5 Å². The average Bonchev–Trinajstić information content (AvgIpc) is 2.37. The highest BCUT2D eigenvalue weighted by atomic mass is 16.5. The zero-order chi connectivity index (χ0) is 13.8. The molecular formula is C17H20O2. The Hall–Kier alpha value is -1.64. The number of rotatable bonds is 4. The quantitative estimate of drug-likeness (QED) is 0.906. The van der Waals surface area contributed by atoms with E-state index in [0.29, 0.717) is 6.61 Å². The molecule has 0 bridgehead atoms. The second-order valence-corrected chi connectivity index (χ2v) is 5.00. The molecule has 0 saturated carbocycles. The van der Waals surface area contributed by atoms with Gasteiger partial charge in [0.25, 0.3) is 0 Å².